The summed E-state index contributed by atoms with van der Waals surface area (Å²) in [6.07, 6.45) is 0. The summed E-state index contributed by atoms with van der Waals surface area (Å²) in [6, 6.07) is 11.6. The van der Waals surface area contributed by atoms with Gasteiger partial charge in [0.25, 0.3) is 0 Å². The number of hydrogen-bond acceptors (Lipinski definition) is 4. The van der Waals surface area contributed by atoms with Gasteiger partial charge in [0.1, 0.15) is 6.04 Å². The zero-order chi connectivity index (χ0) is 15.7. The molecule has 0 bridgehead atoms. The quantitative estimate of drug-likeness (QED) is 0.850. The molecule has 1 saturated heterocycles. The average Bonchev–Trinajstić information content (AvgIpc) is 2.54. The van der Waals surface area contributed by atoms with Crippen LogP contribution in [0.4, 0.5) is 0 Å². The maximum atomic E-state index is 12.8. The summed E-state index contributed by atoms with van der Waals surface area (Å²) in [5.74, 6) is -0.642. The van der Waals surface area contributed by atoms with Gasteiger partial charge in [-0.25, -0.2) is 8.42 Å². The van der Waals surface area contributed by atoms with Crippen molar-refractivity contribution in [1.82, 2.24) is 9.62 Å². The van der Waals surface area contributed by atoms with E-state index in [2.05, 4.69) is 5.32 Å². The Balaban J connectivity index is 2.04. The number of hydrogen-bond donors (Lipinski definition) is 2. The molecule has 7 heteroatoms. The van der Waals surface area contributed by atoms with Crippen molar-refractivity contribution in [3.63, 3.8) is 0 Å². The monoisotopic (exact) mass is 319 g/mol. The second-order valence-corrected chi connectivity index (χ2v) is 7.14. The highest BCUT2D eigenvalue weighted by molar-refractivity contribution is 7.89. The third kappa shape index (κ3) is 2.58. The Morgan fingerprint density at radius 1 is 1.18 bits per heavy atom. The Bertz CT molecular complexity index is 820. The predicted octanol–water partition coefficient (Wildman–Crippen LogP) is 0.288. The van der Waals surface area contributed by atoms with Gasteiger partial charge in [-0.05, 0) is 22.9 Å². The number of carbonyl (C=O) groups is 1. The molecule has 1 amide bonds. The SMILES string of the molecule is NC(=O)C1CNCCN1S(=O)(=O)c1ccc2ccccc2c1. The van der Waals surface area contributed by atoms with Crippen LogP contribution in [-0.2, 0) is 14.8 Å². The van der Waals surface area contributed by atoms with E-state index in [1.54, 1.807) is 18.2 Å². The fourth-order valence-electron chi connectivity index (χ4n) is 2.68. The van der Waals surface area contributed by atoms with Crippen molar-refractivity contribution in [2.75, 3.05) is 19.6 Å². The minimum absolute atomic E-state index is 0.180. The van der Waals surface area contributed by atoms with Crippen LogP contribution in [0.2, 0.25) is 0 Å². The Kier molecular flexibility index (Phi) is 3.86. The van der Waals surface area contributed by atoms with Crippen LogP contribution in [0.3, 0.4) is 0 Å². The van der Waals surface area contributed by atoms with E-state index in [0.717, 1.165) is 10.8 Å². The van der Waals surface area contributed by atoms with Crippen LogP contribution in [0, 0.1) is 0 Å². The van der Waals surface area contributed by atoms with Crippen molar-refractivity contribution < 1.29 is 13.2 Å². The molecule has 3 rings (SSSR count). The summed E-state index contributed by atoms with van der Waals surface area (Å²) in [5, 5.41) is 4.80. The summed E-state index contributed by atoms with van der Waals surface area (Å²) >= 11 is 0. The van der Waals surface area contributed by atoms with Crippen LogP contribution >= 0.6 is 0 Å². The van der Waals surface area contributed by atoms with Crippen LogP contribution in [0.25, 0.3) is 10.8 Å². The molecule has 3 N–H and O–H groups in total. The number of sulfonamides is 1. The van der Waals surface area contributed by atoms with Crippen LogP contribution < -0.4 is 11.1 Å². The third-order valence-electron chi connectivity index (χ3n) is 3.85. The van der Waals surface area contributed by atoms with Crippen molar-refractivity contribution in [1.29, 1.82) is 0 Å². The Labute approximate surface area is 129 Å². The smallest absolute Gasteiger partial charge is 0.243 e. The van der Waals surface area contributed by atoms with E-state index in [4.69, 9.17) is 5.73 Å². The van der Waals surface area contributed by atoms with Crippen LogP contribution in [-0.4, -0.2) is 44.3 Å². The van der Waals surface area contributed by atoms with Gasteiger partial charge in [0.2, 0.25) is 15.9 Å². The molecule has 1 heterocycles. The van der Waals surface area contributed by atoms with Crippen molar-refractivity contribution in [2.24, 2.45) is 5.73 Å². The predicted molar refractivity (Wildman–Crippen MR) is 83.7 cm³/mol. The summed E-state index contributed by atoms with van der Waals surface area (Å²) in [4.78, 5) is 11.7. The van der Waals surface area contributed by atoms with E-state index in [-0.39, 0.29) is 18.0 Å². The largest absolute Gasteiger partial charge is 0.368 e. The summed E-state index contributed by atoms with van der Waals surface area (Å²) in [6.45, 7) is 0.960. The molecule has 1 aliphatic heterocycles. The summed E-state index contributed by atoms with van der Waals surface area (Å²) < 4.78 is 26.9. The molecule has 0 radical (unpaired) electrons. The Morgan fingerprint density at radius 2 is 1.91 bits per heavy atom. The first-order valence-electron chi connectivity index (χ1n) is 7.01. The number of nitrogens with one attached hydrogen (secondary N) is 1. The van der Waals surface area contributed by atoms with Gasteiger partial charge in [-0.1, -0.05) is 30.3 Å². The first-order chi connectivity index (χ1) is 10.5. The number of amides is 1. The molecule has 0 aliphatic carbocycles. The number of primary amides is 1. The normalized spacial score (nSPS) is 20.1. The highest BCUT2D eigenvalue weighted by Gasteiger charge is 2.36. The summed E-state index contributed by atoms with van der Waals surface area (Å²) in [5.41, 5.74) is 5.34. The van der Waals surface area contributed by atoms with E-state index in [1.165, 1.54) is 4.31 Å². The molecule has 6 nitrogen and oxygen atoms in total. The number of fused-ring (bicyclic) bond motifs is 1. The van der Waals surface area contributed by atoms with Crippen molar-refractivity contribution in [3.05, 3.63) is 42.5 Å². The fourth-order valence-corrected chi connectivity index (χ4v) is 4.31. The van der Waals surface area contributed by atoms with Crippen LogP contribution in [0.15, 0.2) is 47.4 Å². The molecule has 0 spiro atoms. The van der Waals surface area contributed by atoms with Crippen molar-refractivity contribution in [3.8, 4) is 0 Å². The van der Waals surface area contributed by atoms with Crippen molar-refractivity contribution >= 4 is 26.7 Å². The molecular weight excluding hydrogens is 302 g/mol. The molecule has 1 unspecified atom stereocenters. The average molecular weight is 319 g/mol. The van der Waals surface area contributed by atoms with Gasteiger partial charge >= 0.3 is 0 Å². The van der Waals surface area contributed by atoms with Crippen molar-refractivity contribution in [2.45, 2.75) is 10.9 Å². The lowest BCUT2D eigenvalue weighted by molar-refractivity contribution is -0.122. The van der Waals surface area contributed by atoms with Crippen LogP contribution in [0.1, 0.15) is 0 Å². The van der Waals surface area contributed by atoms with E-state index < -0.39 is 22.0 Å². The number of benzene rings is 2. The van der Waals surface area contributed by atoms with Gasteiger partial charge in [0, 0.05) is 19.6 Å². The number of carbonyl (C=O) groups excluding carboxylic acids is 1. The maximum Gasteiger partial charge on any atom is 0.243 e. The Hall–Kier alpha value is -1.96. The summed E-state index contributed by atoms with van der Waals surface area (Å²) in [7, 11) is -3.76. The Morgan fingerprint density at radius 3 is 2.64 bits per heavy atom. The number of rotatable bonds is 3. The lowest BCUT2D eigenvalue weighted by Crippen LogP contribution is -2.58. The molecule has 0 saturated carbocycles. The van der Waals surface area contributed by atoms with E-state index in [9.17, 15) is 13.2 Å². The molecule has 2 aromatic carbocycles. The highest BCUT2D eigenvalue weighted by Crippen LogP contribution is 2.23. The minimum atomic E-state index is -3.76. The molecule has 22 heavy (non-hydrogen) atoms. The standard InChI is InChI=1S/C15H17N3O3S/c16-15(19)14-10-17-7-8-18(14)22(20,21)13-6-5-11-3-1-2-4-12(11)9-13/h1-6,9,14,17H,7-8,10H2,(H2,16,19). The second-order valence-electron chi connectivity index (χ2n) is 5.25. The second kappa shape index (κ2) is 5.68. The molecule has 1 fully saturated rings. The van der Waals surface area contributed by atoms with Gasteiger partial charge in [-0.3, -0.25) is 4.79 Å². The topological polar surface area (TPSA) is 92.5 Å². The minimum Gasteiger partial charge on any atom is -0.368 e. The van der Waals surface area contributed by atoms with Gasteiger partial charge in [-0.15, -0.1) is 0 Å². The zero-order valence-corrected chi connectivity index (χ0v) is 12.7. The van der Waals surface area contributed by atoms with E-state index in [0.29, 0.717) is 6.54 Å². The highest BCUT2D eigenvalue weighted by atomic mass is 32.2. The first-order valence-corrected chi connectivity index (χ1v) is 8.45. The van der Waals surface area contributed by atoms with Gasteiger partial charge in [-0.2, -0.15) is 4.31 Å². The zero-order valence-electron chi connectivity index (χ0n) is 11.9. The fraction of sp³-hybridized carbons (Fsp3) is 0.267. The number of piperazine rings is 1. The molecule has 2 aromatic rings. The van der Waals surface area contributed by atoms with Gasteiger partial charge < -0.3 is 11.1 Å². The van der Waals surface area contributed by atoms with E-state index >= 15 is 0 Å². The first kappa shape index (κ1) is 15.0. The number of nitrogens with two attached hydrogens (primary N) is 1. The van der Waals surface area contributed by atoms with Crippen LogP contribution in [0.5, 0.6) is 0 Å². The molecule has 1 atom stereocenters. The molecule has 0 aromatic heterocycles. The lowest BCUT2D eigenvalue weighted by Gasteiger charge is -2.33. The maximum absolute atomic E-state index is 12.8. The lowest BCUT2D eigenvalue weighted by atomic mass is 10.1. The number of nitrogens with zero attached hydrogens (tertiary/aromatic N) is 1. The van der Waals surface area contributed by atoms with Gasteiger partial charge in [0.05, 0.1) is 4.90 Å². The van der Waals surface area contributed by atoms with Gasteiger partial charge in [0.15, 0.2) is 0 Å². The van der Waals surface area contributed by atoms with E-state index in [1.807, 2.05) is 24.3 Å². The third-order valence-corrected chi connectivity index (χ3v) is 5.75. The molecule has 116 valence electrons. The molecule has 1 aliphatic rings. The molecular formula is C15H17N3O3S.